The van der Waals surface area contributed by atoms with Crippen LogP contribution in [0.25, 0.3) is 0 Å². The highest BCUT2D eigenvalue weighted by Crippen LogP contribution is 2.33. The molecule has 10 heteroatoms. The lowest BCUT2D eigenvalue weighted by atomic mass is 10.2. The molecule has 0 bridgehead atoms. The summed E-state index contributed by atoms with van der Waals surface area (Å²) in [4.78, 5) is 12.8. The van der Waals surface area contributed by atoms with E-state index in [1.807, 2.05) is 0 Å². The first kappa shape index (κ1) is 24.7. The molecule has 33 heavy (non-hydrogen) atoms. The van der Waals surface area contributed by atoms with Crippen LogP contribution in [0, 0.1) is 6.92 Å². The van der Waals surface area contributed by atoms with Crippen molar-refractivity contribution < 1.29 is 22.7 Å². The second-order valence-corrected chi connectivity index (χ2v) is 9.69. The van der Waals surface area contributed by atoms with E-state index in [2.05, 4.69) is 5.32 Å². The fourth-order valence-corrected chi connectivity index (χ4v) is 5.01. The number of halogens is 2. The first-order valence-electron chi connectivity index (χ1n) is 9.72. The Kier molecular flexibility index (Phi) is 7.73. The first-order valence-corrected chi connectivity index (χ1v) is 11.9. The van der Waals surface area contributed by atoms with Crippen molar-refractivity contribution in [3.05, 3.63) is 76.3 Å². The molecule has 3 aromatic carbocycles. The predicted octanol–water partition coefficient (Wildman–Crippen LogP) is 5.15. The Labute approximate surface area is 202 Å². The number of methoxy groups -OCH3 is 2. The van der Waals surface area contributed by atoms with Gasteiger partial charge in [0.25, 0.3) is 10.0 Å². The summed E-state index contributed by atoms with van der Waals surface area (Å²) in [5.41, 5.74) is 1.38. The highest BCUT2D eigenvalue weighted by atomic mass is 35.5. The summed E-state index contributed by atoms with van der Waals surface area (Å²) >= 11 is 12.2. The number of hydrogen-bond donors (Lipinski definition) is 1. The second kappa shape index (κ2) is 10.3. The Morgan fingerprint density at radius 2 is 1.64 bits per heavy atom. The van der Waals surface area contributed by atoms with Gasteiger partial charge in [0.15, 0.2) is 0 Å². The number of ether oxygens (including phenoxy) is 2. The number of anilines is 2. The Morgan fingerprint density at radius 1 is 0.939 bits per heavy atom. The van der Waals surface area contributed by atoms with Gasteiger partial charge in [-0.2, -0.15) is 0 Å². The number of rotatable bonds is 8. The fraction of sp³-hybridized carbons (Fsp3) is 0.174. The monoisotopic (exact) mass is 508 g/mol. The van der Waals surface area contributed by atoms with Crippen LogP contribution in [0.4, 0.5) is 11.4 Å². The lowest BCUT2D eigenvalue weighted by Crippen LogP contribution is -2.38. The number of amides is 1. The maximum atomic E-state index is 13.7. The van der Waals surface area contributed by atoms with E-state index in [0.717, 1.165) is 4.31 Å². The molecule has 3 aromatic rings. The third kappa shape index (κ3) is 5.71. The average Bonchev–Trinajstić information content (AvgIpc) is 2.79. The predicted molar refractivity (Wildman–Crippen MR) is 130 cm³/mol. The Hall–Kier alpha value is -2.94. The topological polar surface area (TPSA) is 84.9 Å². The lowest BCUT2D eigenvalue weighted by Gasteiger charge is -2.25. The molecule has 0 fully saturated rings. The van der Waals surface area contributed by atoms with E-state index < -0.39 is 22.5 Å². The van der Waals surface area contributed by atoms with Crippen molar-refractivity contribution in [2.24, 2.45) is 0 Å². The van der Waals surface area contributed by atoms with E-state index in [0.29, 0.717) is 17.0 Å². The molecule has 3 rings (SSSR count). The van der Waals surface area contributed by atoms with E-state index in [1.54, 1.807) is 43.3 Å². The number of sulfonamides is 1. The van der Waals surface area contributed by atoms with Crippen molar-refractivity contribution in [1.29, 1.82) is 0 Å². The Balaban J connectivity index is 2.01. The molecule has 1 N–H and O–H groups in total. The Morgan fingerprint density at radius 3 is 2.24 bits per heavy atom. The van der Waals surface area contributed by atoms with Gasteiger partial charge in [-0.25, -0.2) is 8.42 Å². The normalized spacial score (nSPS) is 11.1. The van der Waals surface area contributed by atoms with Gasteiger partial charge in [0, 0.05) is 5.69 Å². The van der Waals surface area contributed by atoms with Crippen LogP contribution in [0.3, 0.4) is 0 Å². The molecule has 0 heterocycles. The number of hydrogen-bond acceptors (Lipinski definition) is 5. The van der Waals surface area contributed by atoms with E-state index in [4.69, 9.17) is 32.7 Å². The minimum atomic E-state index is -4.22. The first-order chi connectivity index (χ1) is 15.6. The largest absolute Gasteiger partial charge is 0.497 e. The highest BCUT2D eigenvalue weighted by molar-refractivity contribution is 7.93. The third-order valence-corrected chi connectivity index (χ3v) is 7.27. The molecule has 0 saturated carbocycles. The molecule has 0 aliphatic carbocycles. The summed E-state index contributed by atoms with van der Waals surface area (Å²) in [5, 5.41) is 3.10. The lowest BCUT2D eigenvalue weighted by molar-refractivity contribution is -0.114. The van der Waals surface area contributed by atoms with Crippen LogP contribution in [-0.2, 0) is 14.8 Å². The van der Waals surface area contributed by atoms with E-state index in [9.17, 15) is 13.2 Å². The number of benzene rings is 3. The van der Waals surface area contributed by atoms with Gasteiger partial charge >= 0.3 is 0 Å². The Bertz CT molecular complexity index is 1260. The molecule has 0 unspecified atom stereocenters. The zero-order chi connectivity index (χ0) is 24.2. The molecule has 1 amide bonds. The van der Waals surface area contributed by atoms with E-state index >= 15 is 0 Å². The molecule has 174 valence electrons. The fourth-order valence-electron chi connectivity index (χ4n) is 3.06. The van der Waals surface area contributed by atoms with Crippen molar-refractivity contribution in [2.45, 2.75) is 11.8 Å². The number of carbonyl (C=O) groups excluding carboxylic acids is 1. The van der Waals surface area contributed by atoms with Crippen LogP contribution < -0.4 is 19.1 Å². The van der Waals surface area contributed by atoms with Gasteiger partial charge in [-0.05, 0) is 67.1 Å². The van der Waals surface area contributed by atoms with Crippen LogP contribution in [0.1, 0.15) is 5.56 Å². The quantitative estimate of drug-likeness (QED) is 0.454. The van der Waals surface area contributed by atoms with Crippen molar-refractivity contribution in [3.63, 3.8) is 0 Å². The molecular weight excluding hydrogens is 487 g/mol. The summed E-state index contributed by atoms with van der Waals surface area (Å²) < 4.78 is 38.8. The summed E-state index contributed by atoms with van der Waals surface area (Å²) in [6, 6.07) is 15.8. The third-order valence-electron chi connectivity index (χ3n) is 4.74. The van der Waals surface area contributed by atoms with E-state index in [-0.39, 0.29) is 26.4 Å². The molecule has 0 spiro atoms. The minimum absolute atomic E-state index is 0.0756. The van der Waals surface area contributed by atoms with Crippen molar-refractivity contribution in [2.75, 3.05) is 30.4 Å². The molecular formula is C23H22Cl2N2O5S. The van der Waals surface area contributed by atoms with Crippen LogP contribution in [-0.4, -0.2) is 35.1 Å². The van der Waals surface area contributed by atoms with Crippen LogP contribution >= 0.6 is 23.2 Å². The summed E-state index contributed by atoms with van der Waals surface area (Å²) in [6.07, 6.45) is 0. The summed E-state index contributed by atoms with van der Waals surface area (Å²) in [5.74, 6) is 0.224. The minimum Gasteiger partial charge on any atom is -0.497 e. The zero-order valence-electron chi connectivity index (χ0n) is 18.1. The van der Waals surface area contributed by atoms with Gasteiger partial charge in [0.1, 0.15) is 22.9 Å². The second-order valence-electron chi connectivity index (χ2n) is 7.04. The number of aryl methyl sites for hydroxylation is 1. The molecule has 0 aliphatic rings. The van der Waals surface area contributed by atoms with Gasteiger partial charge in [-0.1, -0.05) is 29.3 Å². The molecule has 0 aromatic heterocycles. The van der Waals surface area contributed by atoms with Crippen molar-refractivity contribution in [3.8, 4) is 11.5 Å². The van der Waals surface area contributed by atoms with Crippen LogP contribution in [0.2, 0.25) is 10.0 Å². The molecule has 7 nitrogen and oxygen atoms in total. The summed E-state index contributed by atoms with van der Waals surface area (Å²) in [6.45, 7) is 1.25. The van der Waals surface area contributed by atoms with Crippen molar-refractivity contribution >= 4 is 50.5 Å². The molecule has 0 saturated heterocycles. The number of carbonyl (C=O) groups is 1. The van der Waals surface area contributed by atoms with Gasteiger partial charge in [-0.3, -0.25) is 9.10 Å². The van der Waals surface area contributed by atoms with Crippen LogP contribution in [0.5, 0.6) is 11.5 Å². The SMILES string of the molecule is COc1ccc(NC(=O)CN(c2ccc(Cl)c(Cl)c2)S(=O)(=O)c2cc(C)ccc2OC)cc1. The molecule has 0 radical (unpaired) electrons. The number of nitrogens with zero attached hydrogens (tertiary/aromatic N) is 1. The maximum Gasteiger partial charge on any atom is 0.268 e. The van der Waals surface area contributed by atoms with Gasteiger partial charge in [0.05, 0.1) is 30.0 Å². The van der Waals surface area contributed by atoms with Crippen LogP contribution in [0.15, 0.2) is 65.6 Å². The maximum absolute atomic E-state index is 13.7. The van der Waals surface area contributed by atoms with Crippen molar-refractivity contribution in [1.82, 2.24) is 0 Å². The van der Waals surface area contributed by atoms with Gasteiger partial charge in [-0.15, -0.1) is 0 Å². The molecule has 0 aliphatic heterocycles. The standard InChI is InChI=1S/C23H22Cl2N2O5S/c1-15-4-11-21(32-3)22(12-15)33(29,30)27(17-7-10-19(24)20(25)13-17)14-23(28)26-16-5-8-18(31-2)9-6-16/h4-13H,14H2,1-3H3,(H,26,28). The smallest absolute Gasteiger partial charge is 0.268 e. The zero-order valence-corrected chi connectivity index (χ0v) is 20.5. The summed E-state index contributed by atoms with van der Waals surface area (Å²) in [7, 11) is -1.31. The van der Waals surface area contributed by atoms with Gasteiger partial charge in [0.2, 0.25) is 5.91 Å². The van der Waals surface area contributed by atoms with E-state index in [1.165, 1.54) is 38.5 Å². The average molecular weight is 509 g/mol. The molecule has 0 atom stereocenters. The number of nitrogens with one attached hydrogen (secondary N) is 1. The highest BCUT2D eigenvalue weighted by Gasteiger charge is 2.30. The van der Waals surface area contributed by atoms with Gasteiger partial charge < -0.3 is 14.8 Å².